The Bertz CT molecular complexity index is 1020. The Morgan fingerprint density at radius 3 is 2.24 bits per heavy atom. The number of rotatable bonds is 12. The summed E-state index contributed by atoms with van der Waals surface area (Å²) in [5, 5.41) is 20.3. The highest BCUT2D eigenvalue weighted by Crippen LogP contribution is 2.35. The fourth-order valence-electron chi connectivity index (χ4n) is 4.05. The number of hydrogen-bond acceptors (Lipinski definition) is 5. The van der Waals surface area contributed by atoms with Crippen molar-refractivity contribution in [3.63, 3.8) is 0 Å². The molecule has 0 aliphatic carbocycles. The molecule has 0 fully saturated rings. The van der Waals surface area contributed by atoms with Crippen molar-refractivity contribution >= 4 is 5.97 Å². The number of nitrogens with zero attached hydrogens (tertiary/aromatic N) is 1. The summed E-state index contributed by atoms with van der Waals surface area (Å²) in [6.45, 7) is 0. The Labute approximate surface area is 194 Å². The van der Waals surface area contributed by atoms with E-state index in [9.17, 15) is 9.90 Å². The molecule has 0 unspecified atom stereocenters. The first kappa shape index (κ1) is 24.3. The lowest BCUT2D eigenvalue weighted by molar-refractivity contribution is -0.136. The van der Waals surface area contributed by atoms with Crippen molar-refractivity contribution < 1.29 is 24.5 Å². The zero-order chi connectivity index (χ0) is 23.6. The summed E-state index contributed by atoms with van der Waals surface area (Å²) in [5.41, 5.74) is 3.71. The lowest BCUT2D eigenvalue weighted by atomic mass is 9.85. The molecule has 1 aromatic heterocycles. The average molecular weight is 450 g/mol. The Balaban J connectivity index is 1.79. The molecule has 2 N–H and O–H groups in total. The van der Waals surface area contributed by atoms with Crippen molar-refractivity contribution in [3.8, 4) is 11.8 Å². The summed E-state index contributed by atoms with van der Waals surface area (Å²) < 4.78 is 10.6. The maximum absolute atomic E-state index is 11.3. The van der Waals surface area contributed by atoms with Gasteiger partial charge in [-0.25, -0.2) is 0 Å². The van der Waals surface area contributed by atoms with Crippen molar-refractivity contribution in [2.45, 2.75) is 38.2 Å². The van der Waals surface area contributed by atoms with Crippen LogP contribution in [0.4, 0.5) is 0 Å². The summed E-state index contributed by atoms with van der Waals surface area (Å²) in [7, 11) is 3.07. The first-order valence-corrected chi connectivity index (χ1v) is 11.1. The number of aliphatic hydroxyl groups is 1. The van der Waals surface area contributed by atoms with Gasteiger partial charge in [0.25, 0.3) is 0 Å². The van der Waals surface area contributed by atoms with E-state index in [0.29, 0.717) is 23.7 Å². The van der Waals surface area contributed by atoms with Gasteiger partial charge in [0.2, 0.25) is 11.8 Å². The maximum atomic E-state index is 11.3. The van der Waals surface area contributed by atoms with Crippen molar-refractivity contribution in [2.24, 2.45) is 5.92 Å². The quantitative estimate of drug-likeness (QED) is 0.419. The molecule has 0 saturated carbocycles. The predicted octanol–water partition coefficient (Wildman–Crippen LogP) is 4.64. The number of pyridine rings is 1. The maximum Gasteiger partial charge on any atom is 0.307 e. The number of carboxylic acids is 1. The van der Waals surface area contributed by atoms with Crippen LogP contribution in [-0.4, -0.2) is 35.4 Å². The van der Waals surface area contributed by atoms with Crippen LogP contribution in [0.2, 0.25) is 0 Å². The Morgan fingerprint density at radius 2 is 1.61 bits per heavy atom. The van der Waals surface area contributed by atoms with Crippen LogP contribution in [0.1, 0.15) is 41.2 Å². The van der Waals surface area contributed by atoms with E-state index in [1.54, 1.807) is 12.1 Å². The minimum absolute atomic E-state index is 0.00186. The Morgan fingerprint density at radius 1 is 0.909 bits per heavy atom. The van der Waals surface area contributed by atoms with Crippen LogP contribution < -0.4 is 9.47 Å². The molecule has 0 aliphatic rings. The van der Waals surface area contributed by atoms with Gasteiger partial charge in [-0.2, -0.15) is 4.98 Å². The average Bonchev–Trinajstić information content (AvgIpc) is 2.84. The molecule has 33 heavy (non-hydrogen) atoms. The van der Waals surface area contributed by atoms with E-state index in [1.807, 2.05) is 42.5 Å². The second-order valence-corrected chi connectivity index (χ2v) is 8.13. The van der Waals surface area contributed by atoms with Crippen LogP contribution in [0.25, 0.3) is 0 Å². The van der Waals surface area contributed by atoms with Gasteiger partial charge in [-0.05, 0) is 54.4 Å². The molecule has 2 aromatic carbocycles. The number of carboxylic acid groups (broad SMARTS) is 1. The molecule has 0 radical (unpaired) electrons. The molecule has 0 saturated heterocycles. The van der Waals surface area contributed by atoms with Gasteiger partial charge in [-0.15, -0.1) is 0 Å². The first-order chi connectivity index (χ1) is 16.0. The van der Waals surface area contributed by atoms with E-state index in [2.05, 4.69) is 17.1 Å². The van der Waals surface area contributed by atoms with Crippen molar-refractivity contribution in [1.29, 1.82) is 0 Å². The second-order valence-electron chi connectivity index (χ2n) is 8.13. The Hall–Kier alpha value is -3.38. The van der Waals surface area contributed by atoms with E-state index < -0.39 is 12.1 Å². The number of aryl methyl sites for hydroxylation is 1. The molecule has 0 spiro atoms. The number of carbonyl (C=O) groups is 1. The number of benzene rings is 2. The van der Waals surface area contributed by atoms with Crippen molar-refractivity contribution in [2.75, 3.05) is 14.2 Å². The molecule has 0 amide bonds. The smallest absolute Gasteiger partial charge is 0.307 e. The molecular weight excluding hydrogens is 418 g/mol. The minimum Gasteiger partial charge on any atom is -0.481 e. The number of aliphatic carboxylic acids is 1. The van der Waals surface area contributed by atoms with Gasteiger partial charge >= 0.3 is 5.97 Å². The largest absolute Gasteiger partial charge is 0.481 e. The van der Waals surface area contributed by atoms with E-state index >= 15 is 0 Å². The first-order valence-electron chi connectivity index (χ1n) is 11.1. The molecule has 0 aliphatic heterocycles. The van der Waals surface area contributed by atoms with Gasteiger partial charge in [-0.3, -0.25) is 4.79 Å². The molecule has 3 rings (SSSR count). The summed E-state index contributed by atoms with van der Waals surface area (Å²) in [6, 6.07) is 21.4. The number of methoxy groups -OCH3 is 2. The highest BCUT2D eigenvalue weighted by Gasteiger charge is 2.25. The molecule has 6 heteroatoms. The van der Waals surface area contributed by atoms with E-state index in [-0.39, 0.29) is 12.3 Å². The number of aromatic nitrogens is 1. The van der Waals surface area contributed by atoms with Gasteiger partial charge in [0.1, 0.15) is 0 Å². The fraction of sp³-hybridized carbons (Fsp3) is 0.333. The third-order valence-corrected chi connectivity index (χ3v) is 5.79. The summed E-state index contributed by atoms with van der Waals surface area (Å²) in [4.78, 5) is 15.3. The highest BCUT2D eigenvalue weighted by atomic mass is 16.5. The van der Waals surface area contributed by atoms with E-state index in [4.69, 9.17) is 14.6 Å². The number of hydrogen-bond donors (Lipinski definition) is 2. The third-order valence-electron chi connectivity index (χ3n) is 5.79. The van der Waals surface area contributed by atoms with Gasteiger partial charge in [0.15, 0.2) is 0 Å². The summed E-state index contributed by atoms with van der Waals surface area (Å²) in [6.07, 6.45) is 2.54. The lowest BCUT2D eigenvalue weighted by Crippen LogP contribution is -2.17. The standard InChI is InChI=1S/C27H31NO5/c1-32-24-16-15-23(27(28-24)33-2)26(31)22(10-6-9-19-7-4-3-5-8-19)17-20-11-13-21(14-12-20)18-25(29)30/h3-5,7-8,11-16,22,26,31H,6,9-10,17-18H2,1-2H3,(H,29,30)/t22-,26-/m0/s1. The molecule has 3 aromatic rings. The molecule has 0 bridgehead atoms. The molecule has 174 valence electrons. The third kappa shape index (κ3) is 7.05. The van der Waals surface area contributed by atoms with Crippen LogP contribution in [0, 0.1) is 5.92 Å². The van der Waals surface area contributed by atoms with Gasteiger partial charge in [0, 0.05) is 11.6 Å². The van der Waals surface area contributed by atoms with Crippen molar-refractivity contribution in [1.82, 2.24) is 4.98 Å². The predicted molar refractivity (Wildman–Crippen MR) is 127 cm³/mol. The summed E-state index contributed by atoms with van der Waals surface area (Å²) in [5.74, 6) is -0.136. The second kappa shape index (κ2) is 12.0. The van der Waals surface area contributed by atoms with Crippen LogP contribution in [0.5, 0.6) is 11.8 Å². The van der Waals surface area contributed by atoms with Crippen LogP contribution in [-0.2, 0) is 24.1 Å². The molecular formula is C27H31NO5. The van der Waals surface area contributed by atoms with E-state index in [1.165, 1.54) is 19.8 Å². The summed E-state index contributed by atoms with van der Waals surface area (Å²) >= 11 is 0. The Kier molecular flexibility index (Phi) is 8.84. The van der Waals surface area contributed by atoms with Gasteiger partial charge < -0.3 is 19.7 Å². The zero-order valence-electron chi connectivity index (χ0n) is 19.1. The highest BCUT2D eigenvalue weighted by molar-refractivity contribution is 5.70. The molecule has 1 heterocycles. The minimum atomic E-state index is -0.851. The monoisotopic (exact) mass is 449 g/mol. The van der Waals surface area contributed by atoms with Crippen LogP contribution in [0.3, 0.4) is 0 Å². The topological polar surface area (TPSA) is 88.9 Å². The zero-order valence-corrected chi connectivity index (χ0v) is 19.1. The fourth-order valence-corrected chi connectivity index (χ4v) is 4.05. The normalized spacial score (nSPS) is 12.7. The molecule has 6 nitrogen and oxygen atoms in total. The van der Waals surface area contributed by atoms with Crippen molar-refractivity contribution in [3.05, 3.63) is 89.0 Å². The molecule has 2 atom stereocenters. The van der Waals surface area contributed by atoms with Crippen LogP contribution >= 0.6 is 0 Å². The lowest BCUT2D eigenvalue weighted by Gasteiger charge is -2.25. The van der Waals surface area contributed by atoms with Gasteiger partial charge in [-0.1, -0.05) is 54.6 Å². The number of ether oxygens (including phenoxy) is 2. The number of aliphatic hydroxyl groups excluding tert-OH is 1. The van der Waals surface area contributed by atoms with Crippen LogP contribution in [0.15, 0.2) is 66.7 Å². The van der Waals surface area contributed by atoms with Gasteiger partial charge in [0.05, 0.1) is 26.7 Å². The SMILES string of the molecule is COc1ccc([C@@H](O)[C@@H](CCCc2ccccc2)Cc2ccc(CC(=O)O)cc2)c(OC)n1. The van der Waals surface area contributed by atoms with E-state index in [0.717, 1.165) is 30.4 Å².